The van der Waals surface area contributed by atoms with Crippen LogP contribution in [0.3, 0.4) is 0 Å². The van der Waals surface area contributed by atoms with Crippen LogP contribution in [0.15, 0.2) is 16.6 Å². The van der Waals surface area contributed by atoms with Crippen LogP contribution in [0.25, 0.3) is 4.96 Å². The summed E-state index contributed by atoms with van der Waals surface area (Å²) in [5, 5.41) is 6.32. The first-order chi connectivity index (χ1) is 9.37. The van der Waals surface area contributed by atoms with Crippen molar-refractivity contribution >= 4 is 37.9 Å². The fraction of sp³-hybridized carbons (Fsp3) is 0.583. The number of thiazole rings is 1. The smallest absolute Gasteiger partial charge is 0.194 e. The van der Waals surface area contributed by atoms with Crippen molar-refractivity contribution in [2.24, 2.45) is 0 Å². The van der Waals surface area contributed by atoms with Crippen molar-refractivity contribution in [3.63, 3.8) is 0 Å². The molecule has 0 amide bonds. The quantitative estimate of drug-likeness (QED) is 0.786. The van der Waals surface area contributed by atoms with Crippen molar-refractivity contribution in [1.29, 1.82) is 0 Å². The number of nitrogens with one attached hydrogen (secondary N) is 1. The molecule has 0 aromatic carbocycles. The first-order valence-corrected chi connectivity index (χ1v) is 10.3. The maximum Gasteiger partial charge on any atom is 0.194 e. The van der Waals surface area contributed by atoms with E-state index < -0.39 is 9.84 Å². The van der Waals surface area contributed by atoms with E-state index in [0.29, 0.717) is 11.8 Å². The molecule has 0 unspecified atom stereocenters. The third kappa shape index (κ3) is 4.21. The lowest BCUT2D eigenvalue weighted by Gasteiger charge is -2.08. The zero-order valence-electron chi connectivity index (χ0n) is 11.8. The van der Waals surface area contributed by atoms with Gasteiger partial charge in [-0.2, -0.15) is 0 Å². The van der Waals surface area contributed by atoms with E-state index in [1.807, 2.05) is 11.6 Å². The number of imidazole rings is 1. The zero-order valence-corrected chi connectivity index (χ0v) is 14.2. The number of nitrogens with zero attached hydrogens (tertiary/aromatic N) is 2. The van der Waals surface area contributed by atoms with E-state index in [0.717, 1.165) is 22.2 Å². The second-order valence-electron chi connectivity index (χ2n) is 4.93. The van der Waals surface area contributed by atoms with Crippen LogP contribution in [0.2, 0.25) is 0 Å². The lowest BCUT2D eigenvalue weighted by molar-refractivity contribution is 0.574. The minimum atomic E-state index is -2.92. The molecule has 20 heavy (non-hydrogen) atoms. The molecule has 0 aliphatic heterocycles. The first-order valence-electron chi connectivity index (χ1n) is 6.35. The summed E-state index contributed by atoms with van der Waals surface area (Å²) in [7, 11) is -2.92. The molecule has 0 bridgehead atoms. The Labute approximate surface area is 127 Å². The van der Waals surface area contributed by atoms with Crippen LogP contribution in [0.4, 0.5) is 0 Å². The summed E-state index contributed by atoms with van der Waals surface area (Å²) in [5.74, 6) is 0.720. The highest BCUT2D eigenvalue weighted by Gasteiger charge is 2.14. The van der Waals surface area contributed by atoms with Crippen LogP contribution in [0.1, 0.15) is 19.5 Å². The number of hydrogen-bond donors (Lipinski definition) is 1. The monoisotopic (exact) mass is 333 g/mol. The molecule has 0 aliphatic carbocycles. The molecule has 2 aromatic heterocycles. The van der Waals surface area contributed by atoms with Crippen LogP contribution in [0, 0.1) is 0 Å². The van der Waals surface area contributed by atoms with Gasteiger partial charge in [0.1, 0.15) is 14.9 Å². The molecule has 8 heteroatoms. The van der Waals surface area contributed by atoms with Crippen LogP contribution < -0.4 is 5.32 Å². The molecular weight excluding hydrogens is 314 g/mol. The predicted octanol–water partition coefficient (Wildman–Crippen LogP) is 2.03. The molecule has 2 heterocycles. The Hall–Kier alpha value is -0.570. The average molecular weight is 334 g/mol. The van der Waals surface area contributed by atoms with Crippen molar-refractivity contribution in [2.45, 2.75) is 31.5 Å². The summed E-state index contributed by atoms with van der Waals surface area (Å²) in [6, 6.07) is 0.396. The summed E-state index contributed by atoms with van der Waals surface area (Å²) >= 11 is 3.10. The van der Waals surface area contributed by atoms with E-state index in [1.54, 1.807) is 11.3 Å². The largest absolute Gasteiger partial charge is 0.309 e. The molecule has 0 fully saturated rings. The van der Waals surface area contributed by atoms with E-state index >= 15 is 0 Å². The van der Waals surface area contributed by atoms with Gasteiger partial charge in [-0.3, -0.25) is 4.40 Å². The fourth-order valence-corrected chi connectivity index (χ4v) is 4.70. The van der Waals surface area contributed by atoms with E-state index in [9.17, 15) is 8.42 Å². The van der Waals surface area contributed by atoms with Crippen LogP contribution in [0.5, 0.6) is 0 Å². The maximum absolute atomic E-state index is 11.2. The molecular formula is C12H19N3O2S3. The molecule has 0 aliphatic rings. The number of rotatable bonds is 7. The molecule has 0 spiro atoms. The Balaban J connectivity index is 2.14. The van der Waals surface area contributed by atoms with E-state index in [1.165, 1.54) is 18.0 Å². The Bertz CT molecular complexity index is 673. The summed E-state index contributed by atoms with van der Waals surface area (Å²) in [6.45, 7) is 4.93. The fourth-order valence-electron chi connectivity index (χ4n) is 1.68. The predicted molar refractivity (Wildman–Crippen MR) is 85.5 cm³/mol. The van der Waals surface area contributed by atoms with Gasteiger partial charge in [-0.15, -0.1) is 23.1 Å². The molecule has 1 N–H and O–H groups in total. The highest BCUT2D eigenvalue weighted by molar-refractivity contribution is 8.00. The average Bonchev–Trinajstić information content (AvgIpc) is 2.85. The van der Waals surface area contributed by atoms with Gasteiger partial charge in [-0.1, -0.05) is 13.8 Å². The van der Waals surface area contributed by atoms with E-state index in [2.05, 4.69) is 28.5 Å². The molecule has 2 rings (SSSR count). The second kappa shape index (κ2) is 6.46. The minimum absolute atomic E-state index is 0.180. The van der Waals surface area contributed by atoms with Crippen molar-refractivity contribution in [2.75, 3.05) is 17.8 Å². The number of hydrogen-bond acceptors (Lipinski definition) is 6. The normalized spacial score (nSPS) is 12.6. The first kappa shape index (κ1) is 15.8. The summed E-state index contributed by atoms with van der Waals surface area (Å²) in [6.07, 6.45) is 3.27. The van der Waals surface area contributed by atoms with Crippen molar-refractivity contribution in [1.82, 2.24) is 14.7 Å². The van der Waals surface area contributed by atoms with E-state index in [4.69, 9.17) is 0 Å². The van der Waals surface area contributed by atoms with Gasteiger partial charge in [0, 0.05) is 36.2 Å². The molecule has 2 aromatic rings. The molecule has 0 saturated carbocycles. The van der Waals surface area contributed by atoms with Crippen molar-refractivity contribution in [3.05, 3.63) is 17.3 Å². The van der Waals surface area contributed by atoms with Gasteiger partial charge in [-0.05, 0) is 0 Å². The number of sulfone groups is 1. The molecule has 0 radical (unpaired) electrons. The lowest BCUT2D eigenvalue weighted by atomic mass is 10.3. The number of fused-ring (bicyclic) bond motifs is 1. The van der Waals surface area contributed by atoms with Gasteiger partial charge in [0.15, 0.2) is 4.96 Å². The summed E-state index contributed by atoms with van der Waals surface area (Å²) < 4.78 is 24.5. The van der Waals surface area contributed by atoms with Crippen LogP contribution in [-0.2, 0) is 16.4 Å². The lowest BCUT2D eigenvalue weighted by Crippen LogP contribution is -2.22. The van der Waals surface area contributed by atoms with Gasteiger partial charge >= 0.3 is 0 Å². The molecule has 112 valence electrons. The second-order valence-corrected chi connectivity index (χ2v) is 9.15. The Morgan fingerprint density at radius 2 is 2.25 bits per heavy atom. The minimum Gasteiger partial charge on any atom is -0.309 e. The SMILES string of the molecule is CC(C)NCc1c(SCCS(C)(=O)=O)nc2sccn12. The van der Waals surface area contributed by atoms with Gasteiger partial charge in [-0.25, -0.2) is 13.4 Å². The molecule has 0 saturated heterocycles. The molecule has 0 atom stereocenters. The van der Waals surface area contributed by atoms with Gasteiger partial charge in [0.2, 0.25) is 0 Å². The maximum atomic E-state index is 11.2. The van der Waals surface area contributed by atoms with Crippen molar-refractivity contribution < 1.29 is 8.42 Å². The van der Waals surface area contributed by atoms with Gasteiger partial charge in [0.25, 0.3) is 0 Å². The Morgan fingerprint density at radius 1 is 1.50 bits per heavy atom. The third-order valence-electron chi connectivity index (χ3n) is 2.69. The van der Waals surface area contributed by atoms with Gasteiger partial charge < -0.3 is 5.32 Å². The van der Waals surface area contributed by atoms with Gasteiger partial charge in [0.05, 0.1) is 11.4 Å². The third-order valence-corrected chi connectivity index (χ3v) is 5.66. The van der Waals surface area contributed by atoms with Crippen LogP contribution in [-0.4, -0.2) is 41.6 Å². The summed E-state index contributed by atoms with van der Waals surface area (Å²) in [5.41, 5.74) is 1.11. The van der Waals surface area contributed by atoms with Crippen molar-refractivity contribution in [3.8, 4) is 0 Å². The Kier molecular flexibility index (Phi) is 5.11. The van der Waals surface area contributed by atoms with Crippen LogP contribution >= 0.6 is 23.1 Å². The highest BCUT2D eigenvalue weighted by Crippen LogP contribution is 2.26. The Morgan fingerprint density at radius 3 is 2.90 bits per heavy atom. The summed E-state index contributed by atoms with van der Waals surface area (Å²) in [4.78, 5) is 5.53. The highest BCUT2D eigenvalue weighted by atomic mass is 32.2. The zero-order chi connectivity index (χ0) is 14.8. The molecule has 5 nitrogen and oxygen atoms in total. The number of aromatic nitrogens is 2. The standard InChI is InChI=1S/C12H19N3O2S3/c1-9(2)13-8-10-11(18-6-7-20(3,16)17)14-12-15(10)4-5-19-12/h4-5,9,13H,6-8H2,1-3H3. The number of thioether (sulfide) groups is 1. The topological polar surface area (TPSA) is 63.5 Å². The van der Waals surface area contributed by atoms with E-state index in [-0.39, 0.29) is 5.75 Å².